The van der Waals surface area contributed by atoms with Crippen LogP contribution in [0.2, 0.25) is 0 Å². The number of hydrogen-bond acceptors (Lipinski definition) is 1. The van der Waals surface area contributed by atoms with Gasteiger partial charge in [-0.1, -0.05) is 19.8 Å². The predicted molar refractivity (Wildman–Crippen MR) is 88.9 cm³/mol. The summed E-state index contributed by atoms with van der Waals surface area (Å²) in [5, 5.41) is 0. The molecule has 0 atom stereocenters. The molecular weight excluding hydrogens is 351 g/mol. The first-order valence-corrected chi connectivity index (χ1v) is 9.47. The van der Waals surface area contributed by atoms with Crippen molar-refractivity contribution in [3.63, 3.8) is 0 Å². The van der Waals surface area contributed by atoms with E-state index in [0.29, 0.717) is 11.5 Å². The van der Waals surface area contributed by atoms with Crippen molar-refractivity contribution in [2.45, 2.75) is 70.6 Å². The van der Waals surface area contributed by atoms with Crippen molar-refractivity contribution in [2.24, 2.45) is 17.8 Å². The molecule has 1 nitrogen and oxygen atoms in total. The molecule has 0 N–H and O–H groups in total. The average Bonchev–Trinajstić information content (AvgIpc) is 2.58. The minimum absolute atomic E-state index is 0.00213. The Morgan fingerprint density at radius 2 is 1.27 bits per heavy atom. The zero-order valence-electron chi connectivity index (χ0n) is 14.9. The maximum atomic E-state index is 13.9. The fraction of sp³-hybridized carbons (Fsp3) is 0.700. The van der Waals surface area contributed by atoms with Crippen LogP contribution < -0.4 is 4.74 Å². The molecule has 6 heteroatoms. The molecule has 2 aliphatic carbocycles. The molecule has 0 heterocycles. The van der Waals surface area contributed by atoms with Crippen molar-refractivity contribution in [1.29, 1.82) is 0 Å². The summed E-state index contributed by atoms with van der Waals surface area (Å²) in [6.45, 7) is 2.29. The number of halogens is 5. The van der Waals surface area contributed by atoms with Crippen molar-refractivity contribution in [2.75, 3.05) is 0 Å². The maximum absolute atomic E-state index is 13.9. The zero-order chi connectivity index (χ0) is 18.9. The standard InChI is InChI=1S/C20H25F5O/c1-12-2-4-13(5-3-12)14-6-8-15(9-7-14)16-10-17(21)19(18(22)11-16)26-20(23,24)25/h10-15H,2-9H2,1H3. The van der Waals surface area contributed by atoms with Crippen LogP contribution in [-0.2, 0) is 0 Å². The Bertz CT molecular complexity index is 588. The van der Waals surface area contributed by atoms with Crippen LogP contribution >= 0.6 is 0 Å². The third-order valence-electron chi connectivity index (χ3n) is 6.21. The van der Waals surface area contributed by atoms with Crippen molar-refractivity contribution >= 4 is 0 Å². The molecule has 2 saturated carbocycles. The predicted octanol–water partition coefficient (Wildman–Crippen LogP) is 6.96. The van der Waals surface area contributed by atoms with Gasteiger partial charge in [-0.3, -0.25) is 0 Å². The summed E-state index contributed by atoms with van der Waals surface area (Å²) in [5.74, 6) is -1.72. The number of benzene rings is 1. The number of alkyl halides is 3. The SMILES string of the molecule is CC1CCC(C2CCC(c3cc(F)c(OC(F)(F)F)c(F)c3)CC2)CC1. The van der Waals surface area contributed by atoms with Crippen LogP contribution in [0.5, 0.6) is 5.75 Å². The van der Waals surface area contributed by atoms with Crippen molar-refractivity contribution in [3.05, 3.63) is 29.3 Å². The van der Waals surface area contributed by atoms with Crippen LogP contribution in [0.25, 0.3) is 0 Å². The van der Waals surface area contributed by atoms with Crippen LogP contribution in [0.4, 0.5) is 22.0 Å². The van der Waals surface area contributed by atoms with Gasteiger partial charge in [0.25, 0.3) is 0 Å². The van der Waals surface area contributed by atoms with Crippen molar-refractivity contribution in [3.8, 4) is 5.75 Å². The molecular formula is C20H25F5O. The minimum Gasteiger partial charge on any atom is -0.399 e. The Labute approximate surface area is 150 Å². The molecule has 0 spiro atoms. The summed E-state index contributed by atoms with van der Waals surface area (Å²) in [7, 11) is 0. The molecule has 2 aliphatic rings. The Hall–Kier alpha value is -1.33. The molecule has 1 aromatic carbocycles. The molecule has 0 amide bonds. The van der Waals surface area contributed by atoms with Gasteiger partial charge in [0.1, 0.15) is 0 Å². The van der Waals surface area contributed by atoms with Gasteiger partial charge in [0.05, 0.1) is 0 Å². The van der Waals surface area contributed by atoms with Crippen LogP contribution in [0.15, 0.2) is 12.1 Å². The molecule has 3 rings (SSSR count). The summed E-state index contributed by atoms with van der Waals surface area (Å²) >= 11 is 0. The molecule has 0 unspecified atom stereocenters. The van der Waals surface area contributed by atoms with E-state index in [2.05, 4.69) is 11.7 Å². The monoisotopic (exact) mass is 376 g/mol. The molecule has 0 saturated heterocycles. The summed E-state index contributed by atoms with van der Waals surface area (Å²) in [6.07, 6.45) is 3.68. The van der Waals surface area contributed by atoms with E-state index in [0.717, 1.165) is 49.7 Å². The quantitative estimate of drug-likeness (QED) is 0.518. The highest BCUT2D eigenvalue weighted by Crippen LogP contribution is 2.44. The minimum atomic E-state index is -5.11. The first-order valence-electron chi connectivity index (χ1n) is 9.47. The Morgan fingerprint density at radius 3 is 1.73 bits per heavy atom. The fourth-order valence-electron chi connectivity index (χ4n) is 4.71. The summed E-state index contributed by atoms with van der Waals surface area (Å²) in [6, 6.07) is 1.99. The maximum Gasteiger partial charge on any atom is 0.573 e. The van der Waals surface area contributed by atoms with E-state index in [4.69, 9.17) is 0 Å². The van der Waals surface area contributed by atoms with E-state index >= 15 is 0 Å². The van der Waals surface area contributed by atoms with Gasteiger partial charge in [0.15, 0.2) is 11.6 Å². The second-order valence-corrected chi connectivity index (χ2v) is 7.99. The lowest BCUT2D eigenvalue weighted by Gasteiger charge is -2.37. The first kappa shape index (κ1) is 19.4. The van der Waals surface area contributed by atoms with Gasteiger partial charge in [0, 0.05) is 0 Å². The molecule has 0 aromatic heterocycles. The highest BCUT2D eigenvalue weighted by molar-refractivity contribution is 5.33. The third kappa shape index (κ3) is 4.68. The molecule has 0 bridgehead atoms. The number of rotatable bonds is 3. The molecule has 0 aliphatic heterocycles. The van der Waals surface area contributed by atoms with Gasteiger partial charge in [-0.25, -0.2) is 8.78 Å². The van der Waals surface area contributed by atoms with E-state index in [9.17, 15) is 22.0 Å². The smallest absolute Gasteiger partial charge is 0.399 e. The highest BCUT2D eigenvalue weighted by atomic mass is 19.4. The summed E-state index contributed by atoms with van der Waals surface area (Å²) in [4.78, 5) is 0. The van der Waals surface area contributed by atoms with Gasteiger partial charge in [-0.05, 0) is 79.9 Å². The second-order valence-electron chi connectivity index (χ2n) is 7.99. The van der Waals surface area contributed by atoms with Crippen LogP contribution in [0.3, 0.4) is 0 Å². The van der Waals surface area contributed by atoms with E-state index < -0.39 is 23.7 Å². The molecule has 2 fully saturated rings. The fourth-order valence-corrected chi connectivity index (χ4v) is 4.71. The van der Waals surface area contributed by atoms with Crippen molar-refractivity contribution in [1.82, 2.24) is 0 Å². The van der Waals surface area contributed by atoms with Gasteiger partial charge >= 0.3 is 6.36 Å². The second kappa shape index (κ2) is 7.73. The molecule has 1 aromatic rings. The van der Waals surface area contributed by atoms with E-state index in [1.165, 1.54) is 25.7 Å². The largest absolute Gasteiger partial charge is 0.573 e. The lowest BCUT2D eigenvalue weighted by atomic mass is 9.68. The molecule has 0 radical (unpaired) electrons. The molecule has 26 heavy (non-hydrogen) atoms. The number of ether oxygens (including phenoxy) is 1. The van der Waals surface area contributed by atoms with Crippen LogP contribution in [0.1, 0.15) is 69.8 Å². The third-order valence-corrected chi connectivity index (χ3v) is 6.21. The lowest BCUT2D eigenvalue weighted by Crippen LogP contribution is -2.25. The Morgan fingerprint density at radius 1 is 0.808 bits per heavy atom. The Balaban J connectivity index is 1.62. The molecule has 146 valence electrons. The van der Waals surface area contributed by atoms with Gasteiger partial charge in [0.2, 0.25) is 5.75 Å². The van der Waals surface area contributed by atoms with Gasteiger partial charge in [-0.2, -0.15) is 0 Å². The lowest BCUT2D eigenvalue weighted by molar-refractivity contribution is -0.276. The van der Waals surface area contributed by atoms with Crippen LogP contribution in [-0.4, -0.2) is 6.36 Å². The first-order chi connectivity index (χ1) is 12.2. The topological polar surface area (TPSA) is 9.23 Å². The average molecular weight is 376 g/mol. The van der Waals surface area contributed by atoms with Gasteiger partial charge < -0.3 is 4.74 Å². The normalized spacial score (nSPS) is 30.2. The van der Waals surface area contributed by atoms with E-state index in [1.807, 2.05) is 0 Å². The van der Waals surface area contributed by atoms with Crippen LogP contribution in [0, 0.1) is 29.4 Å². The zero-order valence-corrected chi connectivity index (χ0v) is 14.9. The highest BCUT2D eigenvalue weighted by Gasteiger charge is 2.35. The van der Waals surface area contributed by atoms with Gasteiger partial charge in [-0.15, -0.1) is 13.2 Å². The van der Waals surface area contributed by atoms with E-state index in [1.54, 1.807) is 0 Å². The Kier molecular flexibility index (Phi) is 5.78. The number of hydrogen-bond donors (Lipinski definition) is 0. The summed E-state index contributed by atoms with van der Waals surface area (Å²) < 4.78 is 68.1. The van der Waals surface area contributed by atoms with E-state index in [-0.39, 0.29) is 5.92 Å². The summed E-state index contributed by atoms with van der Waals surface area (Å²) in [5.41, 5.74) is 0.435. The van der Waals surface area contributed by atoms with Crippen molar-refractivity contribution < 1.29 is 26.7 Å².